The van der Waals surface area contributed by atoms with Gasteiger partial charge in [0.2, 0.25) is 17.7 Å². The number of carbonyl (C=O) groups excluding carboxylic acids is 3. The van der Waals surface area contributed by atoms with E-state index in [1.54, 1.807) is 85.5 Å². The molecule has 5 N–H and O–H groups in total. The molecule has 0 unspecified atom stereocenters. The number of thiocarbonyl (C=S) groups is 1. The summed E-state index contributed by atoms with van der Waals surface area (Å²) in [6, 6.07) is 40.3. The highest BCUT2D eigenvalue weighted by atomic mass is 35.5. The van der Waals surface area contributed by atoms with Crippen molar-refractivity contribution in [3.05, 3.63) is 184 Å². The van der Waals surface area contributed by atoms with Crippen molar-refractivity contribution in [3.8, 4) is 23.0 Å². The third-order valence-corrected chi connectivity index (χ3v) is 11.6. The number of pyridine rings is 2. The number of ether oxygens (including phenoxy) is 2. The van der Waals surface area contributed by atoms with Gasteiger partial charge in [-0.15, -0.1) is 11.6 Å². The number of alkyl halides is 1. The van der Waals surface area contributed by atoms with Crippen LogP contribution < -0.4 is 30.7 Å². The molecule has 3 aromatic heterocycles. The second-order valence-electron chi connectivity index (χ2n) is 14.6. The van der Waals surface area contributed by atoms with Gasteiger partial charge in [-0.3, -0.25) is 24.4 Å². The minimum atomic E-state index is -0.238. The summed E-state index contributed by atoms with van der Waals surface area (Å²) >= 11 is 29.4. The molecule has 10 rings (SSSR count). The first-order valence-electron chi connectivity index (χ1n) is 20.5. The van der Waals surface area contributed by atoms with Gasteiger partial charge in [0.15, 0.2) is 0 Å². The SMILES string of the molecule is O=C(CCl)Nc1ccc(Oc2cccnc2)cc1.O=C(CSc1cc2cc(Cl)ccc2[nH]1)Nc1ccc(Oc2cccnc2)cc1.O=C1Cc2cc(Cl)ccc2N1.S=C1Cc2cc(Cl)ccc2N1. The Bertz CT molecular complexity index is 2960. The molecule has 5 heterocycles. The maximum absolute atomic E-state index is 12.2. The van der Waals surface area contributed by atoms with Gasteiger partial charge in [-0.2, -0.15) is 0 Å². The van der Waals surface area contributed by atoms with E-state index < -0.39 is 0 Å². The van der Waals surface area contributed by atoms with Gasteiger partial charge in [0, 0.05) is 67.5 Å². The van der Waals surface area contributed by atoms with Crippen LogP contribution in [0.1, 0.15) is 11.1 Å². The van der Waals surface area contributed by atoms with E-state index in [0.717, 1.165) is 49.3 Å². The monoisotopic (exact) mass is 1020 g/mol. The van der Waals surface area contributed by atoms with E-state index >= 15 is 0 Å². The van der Waals surface area contributed by atoms with E-state index in [1.807, 2.05) is 72.8 Å². The maximum Gasteiger partial charge on any atom is 0.239 e. The van der Waals surface area contributed by atoms with Gasteiger partial charge < -0.3 is 35.7 Å². The van der Waals surface area contributed by atoms with Gasteiger partial charge >= 0.3 is 0 Å². The first kappa shape index (κ1) is 49.3. The van der Waals surface area contributed by atoms with Crippen LogP contribution in [0.15, 0.2) is 163 Å². The van der Waals surface area contributed by atoms with Crippen LogP contribution in [0.25, 0.3) is 10.9 Å². The van der Waals surface area contributed by atoms with Crippen molar-refractivity contribution in [2.24, 2.45) is 0 Å². The second-order valence-corrected chi connectivity index (χ2v) is 17.7. The number of hydrogen-bond acceptors (Lipinski definition) is 9. The molecule has 68 heavy (non-hydrogen) atoms. The average molecular weight is 1020 g/mol. The molecule has 12 nitrogen and oxygen atoms in total. The van der Waals surface area contributed by atoms with Crippen molar-refractivity contribution in [2.45, 2.75) is 17.9 Å². The van der Waals surface area contributed by atoms with Crippen LogP contribution in [0.4, 0.5) is 22.7 Å². The summed E-state index contributed by atoms with van der Waals surface area (Å²) in [6.07, 6.45) is 7.92. The maximum atomic E-state index is 12.2. The van der Waals surface area contributed by atoms with E-state index in [2.05, 4.69) is 36.2 Å². The molecule has 8 aromatic rings. The van der Waals surface area contributed by atoms with Gasteiger partial charge in [0.1, 0.15) is 28.9 Å². The zero-order valence-corrected chi connectivity index (χ0v) is 40.3. The molecule has 0 saturated carbocycles. The van der Waals surface area contributed by atoms with Crippen LogP contribution in [0.3, 0.4) is 0 Å². The molecule has 0 saturated heterocycles. The third-order valence-electron chi connectivity index (χ3n) is 9.44. The van der Waals surface area contributed by atoms with Crippen LogP contribution >= 0.6 is 70.4 Å². The van der Waals surface area contributed by atoms with Crippen molar-refractivity contribution in [1.29, 1.82) is 0 Å². The number of nitrogens with one attached hydrogen (secondary N) is 5. The minimum absolute atomic E-state index is 0.0438. The average Bonchev–Trinajstić information content (AvgIpc) is 4.04. The van der Waals surface area contributed by atoms with Crippen LogP contribution in [0.2, 0.25) is 15.1 Å². The molecule has 0 spiro atoms. The Morgan fingerprint density at radius 2 is 1.16 bits per heavy atom. The summed E-state index contributed by atoms with van der Waals surface area (Å²) in [5.41, 5.74) is 6.56. The Morgan fingerprint density at radius 3 is 1.72 bits per heavy atom. The van der Waals surface area contributed by atoms with Crippen molar-refractivity contribution in [1.82, 2.24) is 15.0 Å². The molecule has 0 aliphatic carbocycles. The number of H-pyrrole nitrogens is 1. The Balaban J connectivity index is 0.000000146. The number of fused-ring (bicyclic) bond motifs is 3. The van der Waals surface area contributed by atoms with E-state index in [9.17, 15) is 14.4 Å². The molecule has 0 atom stereocenters. The molecule has 0 fully saturated rings. The van der Waals surface area contributed by atoms with Crippen molar-refractivity contribution < 1.29 is 23.9 Å². The number of benzene rings is 5. The van der Waals surface area contributed by atoms with E-state index in [-0.39, 0.29) is 23.6 Å². The summed E-state index contributed by atoms with van der Waals surface area (Å²) in [4.78, 5) is 46.3. The lowest BCUT2D eigenvalue weighted by Crippen LogP contribution is -2.13. The first-order valence-corrected chi connectivity index (χ1v) is 23.6. The van der Waals surface area contributed by atoms with E-state index in [0.29, 0.717) is 56.6 Å². The Kier molecular flexibility index (Phi) is 17.7. The van der Waals surface area contributed by atoms with Gasteiger partial charge in [-0.05, 0) is 145 Å². The fraction of sp³-hybridized carbons (Fsp3) is 0.0800. The molecule has 2 aliphatic heterocycles. The Hall–Kier alpha value is -6.65. The van der Waals surface area contributed by atoms with E-state index in [4.69, 9.17) is 68.1 Å². The molecular formula is C50H39Cl4N7O5S2. The predicted octanol–water partition coefficient (Wildman–Crippen LogP) is 13.3. The molecular weight excluding hydrogens is 985 g/mol. The summed E-state index contributed by atoms with van der Waals surface area (Å²) < 4.78 is 11.3. The molecule has 3 amide bonds. The number of aromatic nitrogens is 3. The molecule has 0 radical (unpaired) electrons. The minimum Gasteiger partial charge on any atom is -0.456 e. The molecule has 344 valence electrons. The van der Waals surface area contributed by atoms with Crippen molar-refractivity contribution in [3.63, 3.8) is 0 Å². The number of amides is 3. The van der Waals surface area contributed by atoms with Gasteiger partial charge in [0.05, 0.1) is 34.6 Å². The largest absolute Gasteiger partial charge is 0.456 e. The quantitative estimate of drug-likeness (QED) is 0.0507. The number of anilines is 4. The first-order chi connectivity index (χ1) is 32.9. The number of carbonyl (C=O) groups is 3. The lowest BCUT2D eigenvalue weighted by Gasteiger charge is -2.07. The normalized spacial score (nSPS) is 11.7. The standard InChI is InChI=1S/C21H16ClN3O2S.C13H11ClN2O2.C8H6ClNO.C8H6ClNS/c22-15-3-8-19-14(10-15)11-21(25-19)28-13-20(26)24-16-4-6-17(7-5-16)27-18-2-1-9-23-12-18;14-8-13(17)16-10-3-5-11(6-4-10)18-12-2-1-7-15-9-12;2*9-6-1-2-7-5(3-6)4-8(11)10-7/h1-12,25H,13H2,(H,24,26);1-7,9H,8H2,(H,16,17);2*1-3H,4H2,(H,10,11). The number of rotatable bonds is 10. The van der Waals surface area contributed by atoms with E-state index in [1.165, 1.54) is 17.3 Å². The lowest BCUT2D eigenvalue weighted by atomic mass is 10.2. The fourth-order valence-electron chi connectivity index (χ4n) is 6.38. The molecule has 18 heteroatoms. The van der Waals surface area contributed by atoms with Crippen molar-refractivity contribution >= 4 is 127 Å². The number of halogens is 4. The van der Waals surface area contributed by atoms with Crippen LogP contribution in [-0.4, -0.2) is 49.3 Å². The fourth-order valence-corrected chi connectivity index (χ4v) is 8.04. The molecule has 0 bridgehead atoms. The Morgan fingerprint density at radius 1 is 0.632 bits per heavy atom. The lowest BCUT2D eigenvalue weighted by molar-refractivity contribution is -0.115. The second kappa shape index (κ2) is 24.4. The summed E-state index contributed by atoms with van der Waals surface area (Å²) in [7, 11) is 0. The van der Waals surface area contributed by atoms with Gasteiger partial charge in [-0.1, -0.05) is 58.8 Å². The zero-order chi connectivity index (χ0) is 47.8. The summed E-state index contributed by atoms with van der Waals surface area (Å²) in [5, 5.41) is 15.4. The smallest absolute Gasteiger partial charge is 0.239 e. The molecule has 2 aliphatic rings. The Labute approximate surface area is 421 Å². The number of nitrogens with zero attached hydrogens (tertiary/aromatic N) is 2. The highest BCUT2D eigenvalue weighted by Gasteiger charge is 2.17. The zero-order valence-electron chi connectivity index (χ0n) is 35.6. The number of aromatic amines is 1. The van der Waals surface area contributed by atoms with Gasteiger partial charge in [0.25, 0.3) is 0 Å². The van der Waals surface area contributed by atoms with Crippen LogP contribution in [-0.2, 0) is 27.2 Å². The third kappa shape index (κ3) is 15.2. The predicted molar refractivity (Wildman–Crippen MR) is 279 cm³/mol. The number of hydrogen-bond donors (Lipinski definition) is 5. The highest BCUT2D eigenvalue weighted by molar-refractivity contribution is 7.99. The summed E-state index contributed by atoms with van der Waals surface area (Å²) in [6.45, 7) is 0. The topological polar surface area (TPSA) is 159 Å². The van der Waals surface area contributed by atoms with Crippen molar-refractivity contribution in [2.75, 3.05) is 32.9 Å². The summed E-state index contributed by atoms with van der Waals surface area (Å²) in [5.74, 6) is 2.64. The molecule has 5 aromatic carbocycles. The highest BCUT2D eigenvalue weighted by Crippen LogP contribution is 2.29. The van der Waals surface area contributed by atoms with Crippen LogP contribution in [0.5, 0.6) is 23.0 Å². The number of thioether (sulfide) groups is 1. The van der Waals surface area contributed by atoms with Crippen LogP contribution in [0, 0.1) is 0 Å². The van der Waals surface area contributed by atoms with Gasteiger partial charge in [-0.25, -0.2) is 0 Å².